The number of hydrogen-bond acceptors (Lipinski definition) is 5. The van der Waals surface area contributed by atoms with Crippen molar-refractivity contribution in [3.8, 4) is 5.75 Å². The molecule has 0 radical (unpaired) electrons. The molecule has 0 spiro atoms. The number of nitrogens with one attached hydrogen (secondary N) is 1. The van der Waals surface area contributed by atoms with Crippen LogP contribution < -0.4 is 10.1 Å². The average molecular weight is 462 g/mol. The van der Waals surface area contributed by atoms with E-state index in [9.17, 15) is 9.59 Å². The van der Waals surface area contributed by atoms with Crippen molar-refractivity contribution in [2.45, 2.75) is 26.0 Å². The highest BCUT2D eigenvalue weighted by molar-refractivity contribution is 6.31. The summed E-state index contributed by atoms with van der Waals surface area (Å²) >= 11 is 12.0. The third-order valence-corrected chi connectivity index (χ3v) is 4.90. The highest BCUT2D eigenvalue weighted by atomic mass is 35.5. The lowest BCUT2D eigenvalue weighted by Crippen LogP contribution is -2.41. The standard InChI is InChI=1S/C22H21Cl2N3O4/c1-22(2,31-17-9-7-16(23)8-10-17)21(29)30-14-20(28)26-19-11-12-25-27(19)13-15-5-3-4-6-18(15)24/h3-12H,13-14H2,1-2H3,(H,26,28). The molecule has 0 saturated carbocycles. The predicted octanol–water partition coefficient (Wildman–Crippen LogP) is 4.58. The summed E-state index contributed by atoms with van der Waals surface area (Å²) in [6.07, 6.45) is 1.56. The molecular weight excluding hydrogens is 441 g/mol. The van der Waals surface area contributed by atoms with Crippen molar-refractivity contribution in [1.82, 2.24) is 9.78 Å². The summed E-state index contributed by atoms with van der Waals surface area (Å²) in [6.45, 7) is 3.02. The number of carbonyl (C=O) groups excluding carboxylic acids is 2. The first-order chi connectivity index (χ1) is 14.7. The Hall–Kier alpha value is -3.03. The maximum Gasteiger partial charge on any atom is 0.350 e. The van der Waals surface area contributed by atoms with Gasteiger partial charge in [0.2, 0.25) is 0 Å². The van der Waals surface area contributed by atoms with Gasteiger partial charge in [-0.05, 0) is 49.7 Å². The summed E-state index contributed by atoms with van der Waals surface area (Å²) in [5.41, 5.74) is -0.434. The summed E-state index contributed by atoms with van der Waals surface area (Å²) in [6, 6.07) is 15.6. The van der Waals surface area contributed by atoms with Gasteiger partial charge in [-0.2, -0.15) is 5.10 Å². The number of rotatable bonds is 8. The Morgan fingerprint density at radius 2 is 1.77 bits per heavy atom. The molecule has 0 aliphatic rings. The van der Waals surface area contributed by atoms with Crippen LogP contribution in [0.2, 0.25) is 10.0 Å². The molecule has 0 aliphatic heterocycles. The zero-order valence-corrected chi connectivity index (χ0v) is 18.5. The maximum absolute atomic E-state index is 12.4. The summed E-state index contributed by atoms with van der Waals surface area (Å²) in [4.78, 5) is 24.7. The number of aromatic nitrogens is 2. The molecule has 162 valence electrons. The maximum atomic E-state index is 12.4. The van der Waals surface area contributed by atoms with Gasteiger partial charge in [-0.25, -0.2) is 9.48 Å². The number of anilines is 1. The van der Waals surface area contributed by atoms with Gasteiger partial charge in [-0.1, -0.05) is 41.4 Å². The molecule has 3 rings (SSSR count). The fourth-order valence-electron chi connectivity index (χ4n) is 2.68. The largest absolute Gasteiger partial charge is 0.476 e. The number of amides is 1. The quantitative estimate of drug-likeness (QED) is 0.496. The molecule has 0 atom stereocenters. The van der Waals surface area contributed by atoms with Crippen LogP contribution in [-0.4, -0.2) is 33.9 Å². The molecule has 0 aliphatic carbocycles. The highest BCUT2D eigenvalue weighted by Crippen LogP contribution is 2.22. The third kappa shape index (κ3) is 6.23. The molecule has 0 unspecified atom stereocenters. The first-order valence-corrected chi connectivity index (χ1v) is 10.2. The Morgan fingerprint density at radius 3 is 2.48 bits per heavy atom. The average Bonchev–Trinajstić information content (AvgIpc) is 3.16. The molecule has 9 heteroatoms. The Bertz CT molecular complexity index is 1060. The van der Waals surface area contributed by atoms with Crippen LogP contribution >= 0.6 is 23.2 Å². The number of halogens is 2. The molecule has 2 aromatic carbocycles. The number of carbonyl (C=O) groups is 2. The molecule has 7 nitrogen and oxygen atoms in total. The smallest absolute Gasteiger partial charge is 0.350 e. The first-order valence-electron chi connectivity index (χ1n) is 9.41. The summed E-state index contributed by atoms with van der Waals surface area (Å²) < 4.78 is 12.4. The van der Waals surface area contributed by atoms with Gasteiger partial charge < -0.3 is 14.8 Å². The van der Waals surface area contributed by atoms with Gasteiger partial charge in [0.1, 0.15) is 11.6 Å². The van der Waals surface area contributed by atoms with Crippen molar-refractivity contribution in [2.75, 3.05) is 11.9 Å². The van der Waals surface area contributed by atoms with Crippen LogP contribution in [0.25, 0.3) is 0 Å². The van der Waals surface area contributed by atoms with Gasteiger partial charge in [-0.15, -0.1) is 0 Å². The van der Waals surface area contributed by atoms with E-state index in [2.05, 4.69) is 10.4 Å². The van der Waals surface area contributed by atoms with Crippen LogP contribution in [-0.2, 0) is 20.9 Å². The van der Waals surface area contributed by atoms with Crippen LogP contribution in [0.15, 0.2) is 60.8 Å². The molecule has 1 amide bonds. The van der Waals surface area contributed by atoms with Crippen molar-refractivity contribution < 1.29 is 19.1 Å². The van der Waals surface area contributed by atoms with Crippen molar-refractivity contribution in [1.29, 1.82) is 0 Å². The molecular formula is C22H21Cl2N3O4. The van der Waals surface area contributed by atoms with E-state index in [-0.39, 0.29) is 0 Å². The molecule has 1 N–H and O–H groups in total. The van der Waals surface area contributed by atoms with Crippen LogP contribution in [0.1, 0.15) is 19.4 Å². The van der Waals surface area contributed by atoms with Crippen LogP contribution in [0.4, 0.5) is 5.82 Å². The lowest BCUT2D eigenvalue weighted by molar-refractivity contribution is -0.161. The SMILES string of the molecule is CC(C)(Oc1ccc(Cl)cc1)C(=O)OCC(=O)Nc1ccnn1Cc1ccccc1Cl. The second kappa shape index (κ2) is 9.85. The fourth-order valence-corrected chi connectivity index (χ4v) is 3.00. The minimum absolute atomic E-state index is 0.379. The molecule has 0 bridgehead atoms. The van der Waals surface area contributed by atoms with E-state index in [4.69, 9.17) is 32.7 Å². The van der Waals surface area contributed by atoms with Crippen LogP contribution in [0, 0.1) is 0 Å². The van der Waals surface area contributed by atoms with E-state index < -0.39 is 24.1 Å². The Balaban J connectivity index is 1.54. The van der Waals surface area contributed by atoms with Crippen molar-refractivity contribution >= 4 is 40.9 Å². The number of hydrogen-bond donors (Lipinski definition) is 1. The number of esters is 1. The lowest BCUT2D eigenvalue weighted by atomic mass is 10.1. The molecule has 0 saturated heterocycles. The third-order valence-electron chi connectivity index (χ3n) is 4.27. The van der Waals surface area contributed by atoms with E-state index >= 15 is 0 Å². The number of benzene rings is 2. The van der Waals surface area contributed by atoms with Crippen molar-refractivity contribution in [3.05, 3.63) is 76.4 Å². The minimum atomic E-state index is -1.29. The lowest BCUT2D eigenvalue weighted by Gasteiger charge is -2.24. The number of nitrogens with zero attached hydrogens (tertiary/aromatic N) is 2. The Kier molecular flexibility index (Phi) is 7.20. The minimum Gasteiger partial charge on any atom is -0.476 e. The highest BCUT2D eigenvalue weighted by Gasteiger charge is 2.32. The van der Waals surface area contributed by atoms with Gasteiger partial charge in [0.05, 0.1) is 12.7 Å². The van der Waals surface area contributed by atoms with Crippen molar-refractivity contribution in [2.24, 2.45) is 0 Å². The number of ether oxygens (including phenoxy) is 2. The van der Waals surface area contributed by atoms with Gasteiger partial charge in [0, 0.05) is 16.1 Å². The first kappa shape index (κ1) is 22.7. The topological polar surface area (TPSA) is 82.4 Å². The van der Waals surface area contributed by atoms with Gasteiger partial charge in [0.25, 0.3) is 5.91 Å². The predicted molar refractivity (Wildman–Crippen MR) is 119 cm³/mol. The van der Waals surface area contributed by atoms with Crippen LogP contribution in [0.3, 0.4) is 0 Å². The van der Waals surface area contributed by atoms with Gasteiger partial charge >= 0.3 is 5.97 Å². The Morgan fingerprint density at radius 1 is 1.06 bits per heavy atom. The fraction of sp³-hybridized carbons (Fsp3) is 0.227. The van der Waals surface area contributed by atoms with Gasteiger partial charge in [0.15, 0.2) is 12.2 Å². The monoisotopic (exact) mass is 461 g/mol. The summed E-state index contributed by atoms with van der Waals surface area (Å²) in [7, 11) is 0. The molecule has 0 fully saturated rings. The van der Waals surface area contributed by atoms with E-state index in [0.29, 0.717) is 28.2 Å². The van der Waals surface area contributed by atoms with E-state index in [1.165, 1.54) is 0 Å². The van der Waals surface area contributed by atoms with Crippen LogP contribution in [0.5, 0.6) is 5.75 Å². The molecule has 31 heavy (non-hydrogen) atoms. The summed E-state index contributed by atoms with van der Waals surface area (Å²) in [5, 5.41) is 8.04. The Labute approximate surface area is 189 Å². The van der Waals surface area contributed by atoms with Crippen molar-refractivity contribution in [3.63, 3.8) is 0 Å². The van der Waals surface area contributed by atoms with E-state index in [1.807, 2.05) is 18.2 Å². The summed E-state index contributed by atoms with van der Waals surface area (Å²) in [5.74, 6) is -0.268. The molecule has 3 aromatic rings. The second-order valence-electron chi connectivity index (χ2n) is 7.16. The zero-order chi connectivity index (χ0) is 22.4. The second-order valence-corrected chi connectivity index (χ2v) is 8.00. The normalized spacial score (nSPS) is 11.1. The zero-order valence-electron chi connectivity index (χ0n) is 17.0. The van der Waals surface area contributed by atoms with E-state index in [1.54, 1.807) is 61.1 Å². The molecule has 1 aromatic heterocycles. The molecule has 1 heterocycles. The van der Waals surface area contributed by atoms with E-state index in [0.717, 1.165) is 5.56 Å². The van der Waals surface area contributed by atoms with Gasteiger partial charge in [-0.3, -0.25) is 4.79 Å².